The summed E-state index contributed by atoms with van der Waals surface area (Å²) in [6.45, 7) is 0.149. The topological polar surface area (TPSA) is 57.0 Å². The van der Waals surface area contributed by atoms with E-state index in [9.17, 15) is 9.18 Å². The number of carbonyl (C=O) groups is 1. The van der Waals surface area contributed by atoms with Gasteiger partial charge in [-0.2, -0.15) is 5.10 Å². The molecule has 0 N–H and O–H groups in total. The lowest BCUT2D eigenvalue weighted by atomic mass is 10.3. The van der Waals surface area contributed by atoms with Crippen molar-refractivity contribution in [1.82, 2.24) is 14.8 Å². The quantitative estimate of drug-likeness (QED) is 0.695. The van der Waals surface area contributed by atoms with Crippen LogP contribution in [0.1, 0.15) is 15.4 Å². The average Bonchev–Trinajstić information content (AvgIpc) is 3.17. The van der Waals surface area contributed by atoms with Gasteiger partial charge in [0, 0.05) is 12.4 Å². The maximum atomic E-state index is 13.6. The van der Waals surface area contributed by atoms with Gasteiger partial charge in [0.15, 0.2) is 5.69 Å². The second-order valence-electron chi connectivity index (χ2n) is 4.14. The zero-order valence-electron chi connectivity index (χ0n) is 10.8. The van der Waals surface area contributed by atoms with Gasteiger partial charge in [0.2, 0.25) is 0 Å². The molecule has 0 aliphatic carbocycles. The predicted octanol–water partition coefficient (Wildman–Crippen LogP) is 2.82. The van der Waals surface area contributed by atoms with Crippen LogP contribution < -0.4 is 0 Å². The molecule has 2 aromatic heterocycles. The van der Waals surface area contributed by atoms with Crippen molar-refractivity contribution in [2.75, 3.05) is 0 Å². The van der Waals surface area contributed by atoms with E-state index in [2.05, 4.69) is 10.1 Å². The van der Waals surface area contributed by atoms with E-state index >= 15 is 0 Å². The molecule has 0 radical (unpaired) electrons. The highest BCUT2D eigenvalue weighted by molar-refractivity contribution is 7.09. The third kappa shape index (κ3) is 2.97. The highest BCUT2D eigenvalue weighted by Crippen LogP contribution is 2.13. The molecule has 3 rings (SSSR count). The van der Waals surface area contributed by atoms with Gasteiger partial charge in [-0.25, -0.2) is 13.9 Å². The van der Waals surface area contributed by atoms with Gasteiger partial charge in [-0.1, -0.05) is 12.1 Å². The van der Waals surface area contributed by atoms with Crippen molar-refractivity contribution in [2.24, 2.45) is 0 Å². The Hall–Kier alpha value is -2.54. The first kappa shape index (κ1) is 13.4. The van der Waals surface area contributed by atoms with E-state index in [0.717, 1.165) is 4.88 Å². The smallest absolute Gasteiger partial charge is 0.359 e. The molecule has 0 aliphatic heterocycles. The minimum absolute atomic E-state index is 0.128. The molecule has 106 valence electrons. The van der Waals surface area contributed by atoms with E-state index in [0.29, 0.717) is 0 Å². The number of hydrogen-bond acceptors (Lipinski definition) is 5. The number of rotatable bonds is 4. The van der Waals surface area contributed by atoms with Crippen LogP contribution in [-0.2, 0) is 11.3 Å². The van der Waals surface area contributed by atoms with Crippen LogP contribution in [-0.4, -0.2) is 20.7 Å². The number of esters is 1. The second-order valence-corrected chi connectivity index (χ2v) is 5.11. The number of para-hydroxylation sites is 1. The lowest BCUT2D eigenvalue weighted by Gasteiger charge is -2.02. The first-order chi connectivity index (χ1) is 10.2. The minimum Gasteiger partial charge on any atom is -0.455 e. The molecule has 21 heavy (non-hydrogen) atoms. The van der Waals surface area contributed by atoms with Gasteiger partial charge in [0.05, 0.1) is 10.4 Å². The molecule has 2 heterocycles. The van der Waals surface area contributed by atoms with E-state index < -0.39 is 11.8 Å². The molecule has 0 fully saturated rings. The van der Waals surface area contributed by atoms with Gasteiger partial charge in [0.25, 0.3) is 0 Å². The summed E-state index contributed by atoms with van der Waals surface area (Å²) in [4.78, 5) is 16.6. The second kappa shape index (κ2) is 5.84. The number of hydrogen-bond donors (Lipinski definition) is 0. The SMILES string of the molecule is O=C(OCc1cncs1)c1ccn(-c2ccccc2F)n1. The minimum atomic E-state index is -0.557. The van der Waals surface area contributed by atoms with Crippen molar-refractivity contribution in [3.8, 4) is 5.69 Å². The summed E-state index contributed by atoms with van der Waals surface area (Å²) in [7, 11) is 0. The first-order valence-electron chi connectivity index (χ1n) is 6.09. The van der Waals surface area contributed by atoms with Crippen LogP contribution in [0.25, 0.3) is 5.69 Å². The van der Waals surface area contributed by atoms with Crippen molar-refractivity contribution in [1.29, 1.82) is 0 Å². The summed E-state index contributed by atoms with van der Waals surface area (Å²) in [5, 5.41) is 4.03. The molecule has 7 heteroatoms. The molecule has 1 aromatic carbocycles. The standard InChI is InChI=1S/C14H10FN3O2S/c15-11-3-1-2-4-13(11)18-6-5-12(17-18)14(19)20-8-10-7-16-9-21-10/h1-7,9H,8H2. The molecule has 3 aromatic rings. The van der Waals surface area contributed by atoms with E-state index in [1.54, 1.807) is 29.9 Å². The van der Waals surface area contributed by atoms with Crippen LogP contribution in [0.5, 0.6) is 0 Å². The fourth-order valence-corrected chi connectivity index (χ4v) is 2.23. The largest absolute Gasteiger partial charge is 0.455 e. The average molecular weight is 303 g/mol. The molecule has 0 aliphatic rings. The van der Waals surface area contributed by atoms with E-state index in [1.165, 1.54) is 34.3 Å². The van der Waals surface area contributed by atoms with Crippen LogP contribution in [0.15, 0.2) is 48.2 Å². The van der Waals surface area contributed by atoms with Gasteiger partial charge < -0.3 is 4.74 Å². The monoisotopic (exact) mass is 303 g/mol. The Balaban J connectivity index is 1.73. The molecule has 0 amide bonds. The maximum Gasteiger partial charge on any atom is 0.359 e. The predicted molar refractivity (Wildman–Crippen MR) is 74.8 cm³/mol. The number of halogens is 1. The van der Waals surface area contributed by atoms with E-state index in [-0.39, 0.29) is 18.0 Å². The van der Waals surface area contributed by atoms with Crippen LogP contribution in [0, 0.1) is 5.82 Å². The van der Waals surface area contributed by atoms with E-state index in [4.69, 9.17) is 4.74 Å². The van der Waals surface area contributed by atoms with Gasteiger partial charge >= 0.3 is 5.97 Å². The summed E-state index contributed by atoms with van der Waals surface area (Å²) in [5.74, 6) is -0.969. The summed E-state index contributed by atoms with van der Waals surface area (Å²) >= 11 is 1.40. The van der Waals surface area contributed by atoms with Crippen molar-refractivity contribution in [2.45, 2.75) is 6.61 Å². The van der Waals surface area contributed by atoms with Crippen LogP contribution in [0.3, 0.4) is 0 Å². The third-order valence-electron chi connectivity index (χ3n) is 2.73. The van der Waals surface area contributed by atoms with Crippen molar-refractivity contribution in [3.05, 3.63) is 64.6 Å². The van der Waals surface area contributed by atoms with Crippen LogP contribution in [0.4, 0.5) is 4.39 Å². The fourth-order valence-electron chi connectivity index (χ4n) is 1.73. The third-order valence-corrected chi connectivity index (χ3v) is 3.48. The zero-order valence-corrected chi connectivity index (χ0v) is 11.6. The molecule has 5 nitrogen and oxygen atoms in total. The Morgan fingerprint density at radius 2 is 2.19 bits per heavy atom. The Kier molecular flexibility index (Phi) is 3.74. The number of ether oxygens (including phenoxy) is 1. The van der Waals surface area contributed by atoms with Gasteiger partial charge in [-0.15, -0.1) is 11.3 Å². The fraction of sp³-hybridized carbons (Fsp3) is 0.0714. The molecule has 0 saturated carbocycles. The molecular weight excluding hydrogens is 293 g/mol. The number of carbonyl (C=O) groups excluding carboxylic acids is 1. The number of nitrogens with zero attached hydrogens (tertiary/aromatic N) is 3. The molecular formula is C14H10FN3O2S. The Labute approximate surface area is 123 Å². The zero-order chi connectivity index (χ0) is 14.7. The summed E-state index contributed by atoms with van der Waals surface area (Å²) in [5.41, 5.74) is 2.07. The normalized spacial score (nSPS) is 10.5. The van der Waals surface area contributed by atoms with Crippen LogP contribution >= 0.6 is 11.3 Å². The Bertz CT molecular complexity index is 755. The van der Waals surface area contributed by atoms with Gasteiger partial charge in [0.1, 0.15) is 18.1 Å². The van der Waals surface area contributed by atoms with Gasteiger partial charge in [-0.3, -0.25) is 4.98 Å². The summed E-state index contributed by atoms with van der Waals surface area (Å²) < 4.78 is 20.1. The molecule has 0 spiro atoms. The van der Waals surface area contributed by atoms with Gasteiger partial charge in [-0.05, 0) is 18.2 Å². The highest BCUT2D eigenvalue weighted by Gasteiger charge is 2.13. The number of aromatic nitrogens is 3. The Morgan fingerprint density at radius 3 is 2.95 bits per heavy atom. The summed E-state index contributed by atoms with van der Waals surface area (Å²) in [6, 6.07) is 7.68. The lowest BCUT2D eigenvalue weighted by Crippen LogP contribution is -2.07. The van der Waals surface area contributed by atoms with Crippen molar-refractivity contribution < 1.29 is 13.9 Å². The number of benzene rings is 1. The molecule has 0 bridgehead atoms. The highest BCUT2D eigenvalue weighted by atomic mass is 32.1. The first-order valence-corrected chi connectivity index (χ1v) is 6.97. The molecule has 0 saturated heterocycles. The summed E-state index contributed by atoms with van der Waals surface area (Å²) in [6.07, 6.45) is 3.15. The van der Waals surface area contributed by atoms with Crippen molar-refractivity contribution in [3.63, 3.8) is 0 Å². The van der Waals surface area contributed by atoms with E-state index in [1.807, 2.05) is 0 Å². The molecule has 0 unspecified atom stereocenters. The van der Waals surface area contributed by atoms with Crippen LogP contribution in [0.2, 0.25) is 0 Å². The Morgan fingerprint density at radius 1 is 1.33 bits per heavy atom. The lowest BCUT2D eigenvalue weighted by molar-refractivity contribution is 0.0469. The number of thiazole rings is 1. The van der Waals surface area contributed by atoms with Crippen molar-refractivity contribution >= 4 is 17.3 Å². The maximum absolute atomic E-state index is 13.6. The molecule has 0 atom stereocenters.